The van der Waals surface area contributed by atoms with Crippen molar-refractivity contribution < 1.29 is 19.1 Å². The number of amides is 1. The number of hydrogen-bond donors (Lipinski definition) is 1. The van der Waals surface area contributed by atoms with E-state index in [-0.39, 0.29) is 11.5 Å². The van der Waals surface area contributed by atoms with E-state index in [1.807, 2.05) is 0 Å². The maximum atomic E-state index is 12.3. The molecule has 5 nitrogen and oxygen atoms in total. The fourth-order valence-electron chi connectivity index (χ4n) is 2.38. The topological polar surface area (TPSA) is 70.8 Å². The van der Waals surface area contributed by atoms with E-state index in [1.54, 1.807) is 42.2 Å². The van der Waals surface area contributed by atoms with Crippen LogP contribution in [0.4, 0.5) is 0 Å². The Labute approximate surface area is 115 Å². The standard InChI is InChI=1S/C15H13NO4/c1-9-2-5-13(20-9)14(17)16-7-11-4-3-10(15(18)19)6-12(11)8-16/h2-6H,7-8H2,1H3,(H,18,19). The van der Waals surface area contributed by atoms with Crippen molar-refractivity contribution in [1.82, 2.24) is 4.90 Å². The molecule has 1 N–H and O–H groups in total. The van der Waals surface area contributed by atoms with Gasteiger partial charge >= 0.3 is 5.97 Å². The van der Waals surface area contributed by atoms with Gasteiger partial charge in [-0.25, -0.2) is 4.79 Å². The van der Waals surface area contributed by atoms with E-state index in [4.69, 9.17) is 9.52 Å². The predicted octanol–water partition coefficient (Wildman–Crippen LogP) is 2.44. The van der Waals surface area contributed by atoms with Gasteiger partial charge in [0.15, 0.2) is 5.76 Å². The highest BCUT2D eigenvalue weighted by Gasteiger charge is 2.26. The number of carbonyl (C=O) groups is 2. The molecule has 5 heteroatoms. The van der Waals surface area contributed by atoms with Gasteiger partial charge in [-0.15, -0.1) is 0 Å². The molecule has 1 aliphatic rings. The average Bonchev–Trinajstić information content (AvgIpc) is 3.02. The molecular weight excluding hydrogens is 258 g/mol. The van der Waals surface area contributed by atoms with E-state index in [0.29, 0.717) is 24.6 Å². The Hall–Kier alpha value is -2.56. The lowest BCUT2D eigenvalue weighted by Gasteiger charge is -2.13. The molecule has 0 bridgehead atoms. The molecule has 0 radical (unpaired) electrons. The Morgan fingerprint density at radius 2 is 1.90 bits per heavy atom. The number of aromatic carboxylic acids is 1. The number of fused-ring (bicyclic) bond motifs is 1. The van der Waals surface area contributed by atoms with Crippen LogP contribution in [0, 0.1) is 6.92 Å². The largest absolute Gasteiger partial charge is 0.478 e. The van der Waals surface area contributed by atoms with Gasteiger partial charge in [-0.2, -0.15) is 0 Å². The Morgan fingerprint density at radius 3 is 2.55 bits per heavy atom. The number of carbonyl (C=O) groups excluding carboxylic acids is 1. The molecule has 2 heterocycles. The van der Waals surface area contributed by atoms with Crippen LogP contribution in [0.2, 0.25) is 0 Å². The van der Waals surface area contributed by atoms with Gasteiger partial charge in [0, 0.05) is 13.1 Å². The lowest BCUT2D eigenvalue weighted by Crippen LogP contribution is -2.24. The first kappa shape index (κ1) is 12.5. The zero-order valence-corrected chi connectivity index (χ0v) is 10.9. The van der Waals surface area contributed by atoms with Crippen molar-refractivity contribution in [2.24, 2.45) is 0 Å². The fraction of sp³-hybridized carbons (Fsp3) is 0.200. The zero-order valence-electron chi connectivity index (χ0n) is 10.9. The van der Waals surface area contributed by atoms with Crippen LogP contribution in [0.3, 0.4) is 0 Å². The molecule has 3 rings (SSSR count). The van der Waals surface area contributed by atoms with Crippen molar-refractivity contribution in [1.29, 1.82) is 0 Å². The molecule has 0 saturated carbocycles. The third kappa shape index (κ3) is 2.07. The van der Waals surface area contributed by atoms with Gasteiger partial charge < -0.3 is 14.4 Å². The Kier molecular flexibility index (Phi) is 2.82. The van der Waals surface area contributed by atoms with Crippen molar-refractivity contribution in [3.63, 3.8) is 0 Å². The Bertz CT molecular complexity index is 702. The van der Waals surface area contributed by atoms with E-state index in [0.717, 1.165) is 11.1 Å². The summed E-state index contributed by atoms with van der Waals surface area (Å²) < 4.78 is 5.33. The summed E-state index contributed by atoms with van der Waals surface area (Å²) in [4.78, 5) is 24.9. The zero-order chi connectivity index (χ0) is 14.3. The summed E-state index contributed by atoms with van der Waals surface area (Å²) in [6, 6.07) is 8.35. The fourth-order valence-corrected chi connectivity index (χ4v) is 2.38. The van der Waals surface area contributed by atoms with Crippen LogP contribution in [0.25, 0.3) is 0 Å². The first-order valence-corrected chi connectivity index (χ1v) is 6.25. The minimum atomic E-state index is -0.959. The van der Waals surface area contributed by atoms with Gasteiger partial charge in [-0.3, -0.25) is 4.79 Å². The summed E-state index contributed by atoms with van der Waals surface area (Å²) in [5.74, 6) is -0.127. The van der Waals surface area contributed by atoms with Crippen LogP contribution in [-0.2, 0) is 13.1 Å². The molecular formula is C15H13NO4. The number of hydrogen-bond acceptors (Lipinski definition) is 3. The van der Waals surface area contributed by atoms with E-state index in [1.165, 1.54) is 0 Å². The van der Waals surface area contributed by atoms with Gasteiger partial charge in [0.2, 0.25) is 0 Å². The molecule has 20 heavy (non-hydrogen) atoms. The predicted molar refractivity (Wildman–Crippen MR) is 70.4 cm³/mol. The summed E-state index contributed by atoms with van der Waals surface area (Å²) in [7, 11) is 0. The maximum absolute atomic E-state index is 12.3. The lowest BCUT2D eigenvalue weighted by molar-refractivity contribution is 0.0695. The van der Waals surface area contributed by atoms with E-state index in [2.05, 4.69) is 0 Å². The first-order valence-electron chi connectivity index (χ1n) is 6.25. The third-order valence-electron chi connectivity index (χ3n) is 3.41. The van der Waals surface area contributed by atoms with Crippen molar-refractivity contribution >= 4 is 11.9 Å². The molecule has 0 spiro atoms. The Morgan fingerprint density at radius 1 is 1.15 bits per heavy atom. The van der Waals surface area contributed by atoms with Crippen molar-refractivity contribution in [2.75, 3.05) is 0 Å². The molecule has 1 aromatic carbocycles. The summed E-state index contributed by atoms with van der Waals surface area (Å²) in [5.41, 5.74) is 2.10. The summed E-state index contributed by atoms with van der Waals surface area (Å²) in [6.45, 7) is 2.68. The molecule has 0 unspecified atom stereocenters. The molecule has 2 aromatic rings. The molecule has 1 aromatic heterocycles. The second-order valence-electron chi connectivity index (χ2n) is 4.86. The number of carboxylic acid groups (broad SMARTS) is 1. The van der Waals surface area contributed by atoms with Crippen molar-refractivity contribution in [3.8, 4) is 0 Å². The quantitative estimate of drug-likeness (QED) is 0.910. The molecule has 0 fully saturated rings. The van der Waals surface area contributed by atoms with Gasteiger partial charge in [-0.05, 0) is 42.3 Å². The summed E-state index contributed by atoms with van der Waals surface area (Å²) >= 11 is 0. The van der Waals surface area contributed by atoms with Crippen LogP contribution in [-0.4, -0.2) is 21.9 Å². The minimum Gasteiger partial charge on any atom is -0.478 e. The number of rotatable bonds is 2. The number of benzene rings is 1. The second-order valence-corrected chi connectivity index (χ2v) is 4.86. The van der Waals surface area contributed by atoms with Crippen molar-refractivity contribution in [3.05, 3.63) is 58.5 Å². The van der Waals surface area contributed by atoms with Crippen LogP contribution < -0.4 is 0 Å². The number of furan rings is 1. The average molecular weight is 271 g/mol. The molecule has 0 aliphatic carbocycles. The van der Waals surface area contributed by atoms with E-state index < -0.39 is 5.97 Å². The normalized spacial score (nSPS) is 13.3. The smallest absolute Gasteiger partial charge is 0.335 e. The van der Waals surface area contributed by atoms with Crippen LogP contribution in [0.1, 0.15) is 37.8 Å². The molecule has 1 aliphatic heterocycles. The lowest BCUT2D eigenvalue weighted by atomic mass is 10.1. The SMILES string of the molecule is Cc1ccc(C(=O)N2Cc3ccc(C(=O)O)cc3C2)o1. The van der Waals surface area contributed by atoms with Gasteiger partial charge in [0.1, 0.15) is 5.76 Å². The monoisotopic (exact) mass is 271 g/mol. The summed E-state index contributed by atoms with van der Waals surface area (Å²) in [6.07, 6.45) is 0. The first-order chi connectivity index (χ1) is 9.54. The third-order valence-corrected chi connectivity index (χ3v) is 3.41. The minimum absolute atomic E-state index is 0.175. The summed E-state index contributed by atoms with van der Waals surface area (Å²) in [5, 5.41) is 8.98. The van der Waals surface area contributed by atoms with E-state index >= 15 is 0 Å². The van der Waals surface area contributed by atoms with E-state index in [9.17, 15) is 9.59 Å². The van der Waals surface area contributed by atoms with Gasteiger partial charge in [0.25, 0.3) is 5.91 Å². The van der Waals surface area contributed by atoms with Crippen LogP contribution in [0.5, 0.6) is 0 Å². The molecule has 102 valence electrons. The second kappa shape index (κ2) is 4.52. The van der Waals surface area contributed by atoms with Crippen LogP contribution >= 0.6 is 0 Å². The van der Waals surface area contributed by atoms with Crippen LogP contribution in [0.15, 0.2) is 34.7 Å². The highest BCUT2D eigenvalue weighted by molar-refractivity contribution is 5.92. The van der Waals surface area contributed by atoms with Gasteiger partial charge in [-0.1, -0.05) is 6.07 Å². The Balaban J connectivity index is 1.83. The maximum Gasteiger partial charge on any atom is 0.335 e. The van der Waals surface area contributed by atoms with Gasteiger partial charge in [0.05, 0.1) is 5.56 Å². The van der Waals surface area contributed by atoms with Crippen molar-refractivity contribution in [2.45, 2.75) is 20.0 Å². The highest BCUT2D eigenvalue weighted by Crippen LogP contribution is 2.25. The molecule has 0 atom stereocenters. The number of nitrogens with zero attached hydrogens (tertiary/aromatic N) is 1. The highest BCUT2D eigenvalue weighted by atomic mass is 16.4. The number of carboxylic acids is 1. The number of aryl methyl sites for hydroxylation is 1. The molecule has 0 saturated heterocycles. The molecule has 1 amide bonds.